The van der Waals surface area contributed by atoms with Crippen LogP contribution in [-0.4, -0.2) is 34.3 Å². The summed E-state index contributed by atoms with van der Waals surface area (Å²) in [4.78, 5) is 16.3. The van der Waals surface area contributed by atoms with Crippen molar-refractivity contribution in [3.05, 3.63) is 79.9 Å². The van der Waals surface area contributed by atoms with E-state index in [9.17, 15) is 36.3 Å². The molecule has 38 heavy (non-hydrogen) atoms. The van der Waals surface area contributed by atoms with Crippen molar-refractivity contribution in [1.29, 1.82) is 5.26 Å². The van der Waals surface area contributed by atoms with Crippen LogP contribution in [0.15, 0.2) is 41.6 Å². The number of ether oxygens (including phenoxy) is 2. The van der Waals surface area contributed by atoms with Gasteiger partial charge in [0, 0.05) is 11.6 Å². The van der Waals surface area contributed by atoms with Gasteiger partial charge in [-0.25, -0.2) is 22.5 Å². The number of nitriles is 1. The standard InChI is InChI=1S/C22H15ClF6N4O5/c23-16-12(7-30)5-11(19(24)25)6-15(16)38-17-18(22(28,29)21(26)27)31-10-32(20(17)35)8-13-1-2-14(9-33(13)36)37-4-3-34/h1-2,5-6,9-10,19,21,34H,3-4,8H2. The third-order valence-corrected chi connectivity index (χ3v) is 5.28. The predicted molar refractivity (Wildman–Crippen MR) is 117 cm³/mol. The molecule has 0 aliphatic heterocycles. The van der Waals surface area contributed by atoms with E-state index in [-0.39, 0.29) is 29.4 Å². The summed E-state index contributed by atoms with van der Waals surface area (Å²) in [5.41, 5.74) is -4.87. The van der Waals surface area contributed by atoms with E-state index in [0.717, 1.165) is 6.20 Å². The molecule has 1 aromatic carbocycles. The minimum Gasteiger partial charge on any atom is -0.618 e. The van der Waals surface area contributed by atoms with E-state index in [1.54, 1.807) is 0 Å². The zero-order valence-corrected chi connectivity index (χ0v) is 19.5. The van der Waals surface area contributed by atoms with Crippen molar-refractivity contribution in [3.63, 3.8) is 0 Å². The van der Waals surface area contributed by atoms with E-state index in [4.69, 9.17) is 31.4 Å². The molecule has 0 unspecified atom stereocenters. The minimum absolute atomic E-state index is 0.0565. The van der Waals surface area contributed by atoms with Gasteiger partial charge in [0.1, 0.15) is 30.0 Å². The first-order valence-electron chi connectivity index (χ1n) is 10.3. The van der Waals surface area contributed by atoms with E-state index in [0.29, 0.717) is 23.0 Å². The summed E-state index contributed by atoms with van der Waals surface area (Å²) < 4.78 is 92.4. The number of aliphatic hydroxyl groups excluding tert-OH is 1. The topological polar surface area (TPSA) is 124 Å². The van der Waals surface area contributed by atoms with Crippen molar-refractivity contribution in [2.45, 2.75) is 25.3 Å². The third-order valence-electron chi connectivity index (χ3n) is 4.89. The van der Waals surface area contributed by atoms with Crippen LogP contribution in [0.4, 0.5) is 26.3 Å². The summed E-state index contributed by atoms with van der Waals surface area (Å²) in [5, 5.41) is 29.6. The molecule has 0 spiro atoms. The third kappa shape index (κ3) is 5.92. The molecule has 16 heteroatoms. The molecule has 3 rings (SSSR count). The van der Waals surface area contributed by atoms with Gasteiger partial charge < -0.3 is 19.8 Å². The highest BCUT2D eigenvalue weighted by molar-refractivity contribution is 6.33. The largest absolute Gasteiger partial charge is 0.618 e. The number of halogens is 7. The number of rotatable bonds is 10. The second-order valence-corrected chi connectivity index (χ2v) is 7.81. The first-order chi connectivity index (χ1) is 17.9. The molecule has 2 heterocycles. The molecule has 1 N–H and O–H groups in total. The molecular formula is C22H15ClF6N4O5. The van der Waals surface area contributed by atoms with Gasteiger partial charge in [0.25, 0.3) is 12.0 Å². The second-order valence-electron chi connectivity index (χ2n) is 7.43. The monoisotopic (exact) mass is 564 g/mol. The number of aliphatic hydroxyl groups is 1. The van der Waals surface area contributed by atoms with Crippen LogP contribution in [0.1, 0.15) is 28.9 Å². The molecule has 202 valence electrons. The summed E-state index contributed by atoms with van der Waals surface area (Å²) in [7, 11) is 0. The van der Waals surface area contributed by atoms with Crippen LogP contribution in [0.3, 0.4) is 0 Å². The zero-order valence-electron chi connectivity index (χ0n) is 18.8. The van der Waals surface area contributed by atoms with Gasteiger partial charge >= 0.3 is 12.3 Å². The van der Waals surface area contributed by atoms with Crippen molar-refractivity contribution >= 4 is 11.6 Å². The van der Waals surface area contributed by atoms with E-state index in [2.05, 4.69) is 4.98 Å². The van der Waals surface area contributed by atoms with Gasteiger partial charge in [-0.2, -0.15) is 18.8 Å². The number of benzene rings is 1. The van der Waals surface area contributed by atoms with Crippen molar-refractivity contribution in [2.75, 3.05) is 13.2 Å². The predicted octanol–water partition coefficient (Wildman–Crippen LogP) is 3.91. The Morgan fingerprint density at radius 1 is 1.26 bits per heavy atom. The summed E-state index contributed by atoms with van der Waals surface area (Å²) in [6.45, 7) is -1.08. The molecule has 0 aliphatic rings. The van der Waals surface area contributed by atoms with Gasteiger partial charge in [-0.15, -0.1) is 0 Å². The Hall–Kier alpha value is -4.03. The lowest BCUT2D eigenvalue weighted by molar-refractivity contribution is -0.614. The number of hydrogen-bond acceptors (Lipinski definition) is 7. The number of nitrogens with zero attached hydrogens (tertiary/aromatic N) is 4. The highest BCUT2D eigenvalue weighted by Crippen LogP contribution is 2.41. The molecule has 2 aromatic heterocycles. The Balaban J connectivity index is 2.14. The lowest BCUT2D eigenvalue weighted by Crippen LogP contribution is -2.36. The highest BCUT2D eigenvalue weighted by Gasteiger charge is 2.48. The summed E-state index contributed by atoms with van der Waals surface area (Å²) >= 11 is 5.93. The maximum absolute atomic E-state index is 14.3. The fourth-order valence-electron chi connectivity index (χ4n) is 3.07. The average Bonchev–Trinajstić information content (AvgIpc) is 2.87. The van der Waals surface area contributed by atoms with Crippen molar-refractivity contribution < 1.29 is 45.7 Å². The second kappa shape index (κ2) is 11.6. The van der Waals surface area contributed by atoms with E-state index < -0.39 is 64.2 Å². The number of pyridine rings is 1. The molecule has 0 saturated heterocycles. The first kappa shape index (κ1) is 28.5. The maximum Gasteiger partial charge on any atom is 0.352 e. The van der Waals surface area contributed by atoms with Gasteiger partial charge in [-0.05, 0) is 18.2 Å². The van der Waals surface area contributed by atoms with Crippen LogP contribution in [0.25, 0.3) is 0 Å². The lowest BCUT2D eigenvalue weighted by atomic mass is 10.1. The van der Waals surface area contributed by atoms with Crippen molar-refractivity contribution in [2.24, 2.45) is 0 Å². The zero-order chi connectivity index (χ0) is 28.2. The van der Waals surface area contributed by atoms with Gasteiger partial charge in [-0.1, -0.05) is 11.6 Å². The molecular weight excluding hydrogens is 550 g/mol. The van der Waals surface area contributed by atoms with E-state index in [1.807, 2.05) is 0 Å². The molecule has 0 atom stereocenters. The van der Waals surface area contributed by atoms with Gasteiger partial charge in [-0.3, -0.25) is 9.36 Å². The fraction of sp³-hybridized carbons (Fsp3) is 0.273. The fourth-order valence-corrected chi connectivity index (χ4v) is 3.26. The molecule has 0 fully saturated rings. The Kier molecular flexibility index (Phi) is 8.69. The molecule has 9 nitrogen and oxygen atoms in total. The van der Waals surface area contributed by atoms with Gasteiger partial charge in [0.15, 0.2) is 11.4 Å². The van der Waals surface area contributed by atoms with E-state index >= 15 is 0 Å². The van der Waals surface area contributed by atoms with Crippen molar-refractivity contribution in [3.8, 4) is 23.3 Å². The first-order valence-corrected chi connectivity index (χ1v) is 10.7. The quantitative estimate of drug-likeness (QED) is 0.225. The minimum atomic E-state index is -5.03. The van der Waals surface area contributed by atoms with Gasteiger partial charge in [0.05, 0.1) is 18.5 Å². The lowest BCUT2D eigenvalue weighted by Gasteiger charge is -2.19. The SMILES string of the molecule is N#Cc1cc(C(F)F)cc(Oc2c(C(F)(F)C(F)F)ncn(Cc3ccc(OCCO)c[n+]3[O-])c2=O)c1Cl. The summed E-state index contributed by atoms with van der Waals surface area (Å²) in [5.74, 6) is -7.33. The Labute approximate surface area is 214 Å². The van der Waals surface area contributed by atoms with Crippen LogP contribution >= 0.6 is 11.6 Å². The van der Waals surface area contributed by atoms with Crippen LogP contribution in [-0.2, 0) is 12.5 Å². The summed E-state index contributed by atoms with van der Waals surface area (Å²) in [6.07, 6.45) is -6.11. The van der Waals surface area contributed by atoms with Crippen LogP contribution in [0, 0.1) is 16.5 Å². The smallest absolute Gasteiger partial charge is 0.352 e. The Morgan fingerprint density at radius 2 is 1.97 bits per heavy atom. The normalized spacial score (nSPS) is 11.6. The Bertz CT molecular complexity index is 1430. The molecule has 0 radical (unpaired) electrons. The summed E-state index contributed by atoms with van der Waals surface area (Å²) in [6, 6.07) is 5.22. The molecule has 0 bridgehead atoms. The number of hydrogen-bond donors (Lipinski definition) is 1. The van der Waals surface area contributed by atoms with E-state index in [1.165, 1.54) is 18.2 Å². The maximum atomic E-state index is 14.3. The molecule has 3 aromatic rings. The molecule has 0 aliphatic carbocycles. The number of alkyl halides is 6. The van der Waals surface area contributed by atoms with Crippen LogP contribution in [0.2, 0.25) is 5.02 Å². The molecule has 0 saturated carbocycles. The van der Waals surface area contributed by atoms with Crippen LogP contribution in [0.5, 0.6) is 17.2 Å². The van der Waals surface area contributed by atoms with Gasteiger partial charge in [0.2, 0.25) is 17.6 Å². The average molecular weight is 565 g/mol. The number of aromatic nitrogens is 3. The Morgan fingerprint density at radius 3 is 2.55 bits per heavy atom. The molecule has 0 amide bonds. The highest BCUT2D eigenvalue weighted by atomic mass is 35.5. The van der Waals surface area contributed by atoms with Crippen molar-refractivity contribution in [1.82, 2.24) is 9.55 Å². The van der Waals surface area contributed by atoms with Crippen LogP contribution < -0.4 is 19.8 Å².